The molecule has 17 heavy (non-hydrogen) atoms. The highest BCUT2D eigenvalue weighted by Gasteiger charge is 2.13. The third-order valence-corrected chi connectivity index (χ3v) is 4.30. The van der Waals surface area contributed by atoms with Crippen molar-refractivity contribution in [2.24, 2.45) is 0 Å². The Kier molecular flexibility index (Phi) is 5.77. The van der Waals surface area contributed by atoms with Gasteiger partial charge in [-0.05, 0) is 13.2 Å². The van der Waals surface area contributed by atoms with Crippen molar-refractivity contribution in [3.8, 4) is 0 Å². The Balaban J connectivity index is 2.57. The van der Waals surface area contributed by atoms with Gasteiger partial charge in [-0.25, -0.2) is 4.98 Å². The molecule has 1 aromatic rings. The first kappa shape index (κ1) is 14.3. The number of aryl methyl sites for hydroxylation is 1. The van der Waals surface area contributed by atoms with Crippen LogP contribution in [0.1, 0.15) is 19.0 Å². The van der Waals surface area contributed by atoms with Crippen LogP contribution in [-0.2, 0) is 11.2 Å². The fourth-order valence-electron chi connectivity index (χ4n) is 1.35. The number of aliphatic carboxylic acids is 1. The Morgan fingerprint density at radius 1 is 1.71 bits per heavy atom. The van der Waals surface area contributed by atoms with Crippen LogP contribution in [0.15, 0.2) is 5.38 Å². The molecule has 0 amide bonds. The highest BCUT2D eigenvalue weighted by molar-refractivity contribution is 7.98. The van der Waals surface area contributed by atoms with Crippen LogP contribution >= 0.6 is 23.1 Å². The van der Waals surface area contributed by atoms with E-state index in [0.29, 0.717) is 12.5 Å². The van der Waals surface area contributed by atoms with Gasteiger partial charge >= 0.3 is 5.97 Å². The molecule has 0 fully saturated rings. The van der Waals surface area contributed by atoms with Crippen molar-refractivity contribution in [1.82, 2.24) is 4.98 Å². The average molecular weight is 274 g/mol. The van der Waals surface area contributed by atoms with Crippen LogP contribution in [0.25, 0.3) is 0 Å². The van der Waals surface area contributed by atoms with Crippen LogP contribution in [0.4, 0.5) is 5.13 Å². The number of hydrogen-bond acceptors (Lipinski definition) is 5. The summed E-state index contributed by atoms with van der Waals surface area (Å²) in [6, 6.07) is 0.434. The lowest BCUT2D eigenvalue weighted by Gasteiger charge is -2.23. The number of carbonyl (C=O) groups is 1. The van der Waals surface area contributed by atoms with Crippen molar-refractivity contribution in [2.75, 3.05) is 24.0 Å². The number of hydrogen-bond donors (Lipinski definition) is 1. The van der Waals surface area contributed by atoms with Gasteiger partial charge in [0.25, 0.3) is 0 Å². The summed E-state index contributed by atoms with van der Waals surface area (Å²) in [7, 11) is 2.03. The maximum atomic E-state index is 10.5. The first-order chi connectivity index (χ1) is 8.04. The molecule has 1 aromatic heterocycles. The van der Waals surface area contributed by atoms with E-state index in [1.165, 1.54) is 0 Å². The Hall–Kier alpha value is -0.750. The summed E-state index contributed by atoms with van der Waals surface area (Å²) in [6.45, 7) is 2.16. The zero-order valence-electron chi connectivity index (χ0n) is 10.3. The van der Waals surface area contributed by atoms with Gasteiger partial charge in [-0.3, -0.25) is 4.79 Å². The molecule has 1 N–H and O–H groups in total. The van der Waals surface area contributed by atoms with Crippen LogP contribution in [0.3, 0.4) is 0 Å². The molecular formula is C11H18N2O2S2. The van der Waals surface area contributed by atoms with E-state index in [9.17, 15) is 4.79 Å². The second-order valence-electron chi connectivity index (χ2n) is 3.93. The lowest BCUT2D eigenvalue weighted by molar-refractivity contribution is -0.136. The maximum Gasteiger partial charge on any atom is 0.303 e. The largest absolute Gasteiger partial charge is 0.481 e. The van der Waals surface area contributed by atoms with Crippen LogP contribution in [-0.4, -0.2) is 41.2 Å². The second-order valence-corrected chi connectivity index (χ2v) is 5.68. The van der Waals surface area contributed by atoms with Crippen molar-refractivity contribution in [3.05, 3.63) is 11.1 Å². The molecule has 1 rings (SSSR count). The Labute approximate surface area is 110 Å². The lowest BCUT2D eigenvalue weighted by atomic mass is 10.2. The Morgan fingerprint density at radius 3 is 3.00 bits per heavy atom. The van der Waals surface area contributed by atoms with Gasteiger partial charge in [0.2, 0.25) is 0 Å². The molecule has 0 aliphatic heterocycles. The van der Waals surface area contributed by atoms with Gasteiger partial charge in [0.15, 0.2) is 5.13 Å². The Bertz CT molecular complexity index is 368. The molecule has 1 atom stereocenters. The minimum absolute atomic E-state index is 0.146. The van der Waals surface area contributed by atoms with Gasteiger partial charge in [0.05, 0.1) is 12.1 Å². The number of anilines is 1. The summed E-state index contributed by atoms with van der Waals surface area (Å²) in [4.78, 5) is 17.1. The fourth-order valence-corrected chi connectivity index (χ4v) is 2.98. The van der Waals surface area contributed by atoms with Gasteiger partial charge in [0, 0.05) is 30.6 Å². The van der Waals surface area contributed by atoms with Crippen LogP contribution < -0.4 is 4.90 Å². The van der Waals surface area contributed by atoms with Crippen LogP contribution in [0.5, 0.6) is 0 Å². The van der Waals surface area contributed by atoms with Crippen molar-refractivity contribution >= 4 is 34.2 Å². The number of rotatable bonds is 7. The van der Waals surface area contributed by atoms with E-state index in [1.807, 2.05) is 24.2 Å². The third-order valence-electron chi connectivity index (χ3n) is 2.51. The summed E-state index contributed by atoms with van der Waals surface area (Å²) in [5.74, 6) is 0.282. The van der Waals surface area contributed by atoms with E-state index in [4.69, 9.17) is 5.11 Å². The number of carboxylic acids is 1. The number of thioether (sulfide) groups is 1. The minimum Gasteiger partial charge on any atom is -0.481 e. The van der Waals surface area contributed by atoms with E-state index in [0.717, 1.165) is 16.6 Å². The summed E-state index contributed by atoms with van der Waals surface area (Å²) in [6.07, 6.45) is 2.74. The summed E-state index contributed by atoms with van der Waals surface area (Å²) < 4.78 is 0. The van der Waals surface area contributed by atoms with E-state index in [1.54, 1.807) is 11.3 Å². The molecule has 0 radical (unpaired) electrons. The molecule has 1 unspecified atom stereocenters. The topological polar surface area (TPSA) is 53.4 Å². The third kappa shape index (κ3) is 4.55. The normalized spacial score (nSPS) is 12.4. The quantitative estimate of drug-likeness (QED) is 0.827. The highest BCUT2D eigenvalue weighted by Crippen LogP contribution is 2.22. The predicted octanol–water partition coefficient (Wildman–Crippen LogP) is 2.35. The molecule has 6 heteroatoms. The van der Waals surface area contributed by atoms with Crippen molar-refractivity contribution in [2.45, 2.75) is 25.8 Å². The van der Waals surface area contributed by atoms with Gasteiger partial charge in [-0.1, -0.05) is 0 Å². The number of carboxylic acid groups (broad SMARTS) is 1. The smallest absolute Gasteiger partial charge is 0.303 e. The van der Waals surface area contributed by atoms with Gasteiger partial charge < -0.3 is 10.0 Å². The molecule has 0 aromatic carbocycles. The van der Waals surface area contributed by atoms with E-state index in [-0.39, 0.29) is 6.42 Å². The van der Waals surface area contributed by atoms with E-state index >= 15 is 0 Å². The zero-order chi connectivity index (χ0) is 12.8. The molecule has 0 spiro atoms. The summed E-state index contributed by atoms with van der Waals surface area (Å²) in [5.41, 5.74) is 0.871. The molecule has 0 aliphatic rings. The van der Waals surface area contributed by atoms with Gasteiger partial charge in [0.1, 0.15) is 0 Å². The molecule has 1 heterocycles. The highest BCUT2D eigenvalue weighted by atomic mass is 32.2. The first-order valence-corrected chi connectivity index (χ1v) is 7.70. The first-order valence-electron chi connectivity index (χ1n) is 5.42. The molecule has 4 nitrogen and oxygen atoms in total. The number of thiazole rings is 1. The van der Waals surface area contributed by atoms with Crippen molar-refractivity contribution < 1.29 is 9.90 Å². The van der Waals surface area contributed by atoms with E-state index in [2.05, 4.69) is 23.1 Å². The predicted molar refractivity (Wildman–Crippen MR) is 74.3 cm³/mol. The number of aromatic nitrogens is 1. The SMILES string of the molecule is CSCC(C)N(C)c1nc(CCC(=O)O)cs1. The minimum atomic E-state index is -0.774. The Morgan fingerprint density at radius 2 is 2.41 bits per heavy atom. The van der Waals surface area contributed by atoms with Crippen LogP contribution in [0, 0.1) is 0 Å². The monoisotopic (exact) mass is 274 g/mol. The van der Waals surface area contributed by atoms with Crippen molar-refractivity contribution in [1.29, 1.82) is 0 Å². The van der Waals surface area contributed by atoms with Crippen molar-refractivity contribution in [3.63, 3.8) is 0 Å². The lowest BCUT2D eigenvalue weighted by Crippen LogP contribution is -2.30. The fraction of sp³-hybridized carbons (Fsp3) is 0.636. The standard InChI is InChI=1S/C11H18N2O2S2/c1-8(6-16-3)13(2)11-12-9(7-17-11)4-5-10(14)15/h7-8H,4-6H2,1-3H3,(H,14,15). The molecule has 0 bridgehead atoms. The maximum absolute atomic E-state index is 10.5. The molecule has 0 saturated heterocycles. The molecule has 0 saturated carbocycles. The van der Waals surface area contributed by atoms with Crippen LogP contribution in [0.2, 0.25) is 0 Å². The summed E-state index contributed by atoms with van der Waals surface area (Å²) >= 11 is 3.39. The van der Waals surface area contributed by atoms with Gasteiger partial charge in [-0.2, -0.15) is 11.8 Å². The number of nitrogens with zero attached hydrogens (tertiary/aromatic N) is 2. The molecule has 0 aliphatic carbocycles. The second kappa shape index (κ2) is 6.86. The molecular weight excluding hydrogens is 256 g/mol. The van der Waals surface area contributed by atoms with Gasteiger partial charge in [-0.15, -0.1) is 11.3 Å². The average Bonchev–Trinajstić information content (AvgIpc) is 2.74. The summed E-state index contributed by atoms with van der Waals surface area (Å²) in [5, 5.41) is 11.5. The zero-order valence-corrected chi connectivity index (χ0v) is 12.0. The molecule has 96 valence electrons. The van der Waals surface area contributed by atoms with E-state index < -0.39 is 5.97 Å².